The van der Waals surface area contributed by atoms with Gasteiger partial charge in [-0.25, -0.2) is 18.3 Å². The van der Waals surface area contributed by atoms with E-state index in [1.807, 2.05) is 6.07 Å². The molecule has 8 heteroatoms. The van der Waals surface area contributed by atoms with Gasteiger partial charge in [-0.15, -0.1) is 5.92 Å². The van der Waals surface area contributed by atoms with E-state index >= 15 is 0 Å². The first kappa shape index (κ1) is 22.9. The summed E-state index contributed by atoms with van der Waals surface area (Å²) in [5, 5.41) is 13.3. The van der Waals surface area contributed by atoms with Crippen LogP contribution in [0.5, 0.6) is 5.75 Å². The SMILES string of the molecule is CC#C[C@@H](CC(=O)O)c1ccc(OCc2cc(-c3ccc(C(F)F)cc3)cn3ncnc23)cc1. The molecule has 172 valence electrons. The van der Waals surface area contributed by atoms with Crippen LogP contribution in [-0.2, 0) is 11.4 Å². The van der Waals surface area contributed by atoms with Crippen molar-refractivity contribution in [3.05, 3.63) is 83.8 Å². The van der Waals surface area contributed by atoms with E-state index in [1.165, 1.54) is 18.5 Å². The Morgan fingerprint density at radius 3 is 2.44 bits per heavy atom. The first-order valence-corrected chi connectivity index (χ1v) is 10.5. The van der Waals surface area contributed by atoms with E-state index in [2.05, 4.69) is 21.9 Å². The standard InChI is InChI=1S/C26H21F2N3O3/c1-2-3-20(13-24(32)33)17-8-10-23(11-9-17)34-15-22-12-21(14-31-26(22)29-16-30-31)18-4-6-19(7-5-18)25(27)28/h4-12,14,16,20,25H,13,15H2,1H3,(H,32,33)/t20-/m0/s1. The second-order valence-corrected chi connectivity index (χ2v) is 7.61. The molecular formula is C26H21F2N3O3. The third-order valence-electron chi connectivity index (χ3n) is 5.32. The van der Waals surface area contributed by atoms with Crippen LogP contribution in [0.3, 0.4) is 0 Å². The van der Waals surface area contributed by atoms with Crippen LogP contribution in [0.25, 0.3) is 16.8 Å². The fraction of sp³-hybridized carbons (Fsp3) is 0.192. The predicted molar refractivity (Wildman–Crippen MR) is 123 cm³/mol. The van der Waals surface area contributed by atoms with Crippen molar-refractivity contribution in [3.8, 4) is 28.7 Å². The number of pyridine rings is 1. The summed E-state index contributed by atoms with van der Waals surface area (Å²) in [6, 6.07) is 15.2. The van der Waals surface area contributed by atoms with E-state index in [0.29, 0.717) is 11.4 Å². The van der Waals surface area contributed by atoms with Crippen LogP contribution in [-0.4, -0.2) is 25.7 Å². The number of halogens is 2. The lowest BCUT2D eigenvalue weighted by molar-refractivity contribution is -0.137. The molecule has 34 heavy (non-hydrogen) atoms. The summed E-state index contributed by atoms with van der Waals surface area (Å²) in [4.78, 5) is 15.4. The molecule has 2 heterocycles. The van der Waals surface area contributed by atoms with Crippen molar-refractivity contribution in [3.63, 3.8) is 0 Å². The van der Waals surface area contributed by atoms with E-state index < -0.39 is 12.4 Å². The summed E-state index contributed by atoms with van der Waals surface area (Å²) in [6.07, 6.45) is 0.636. The average Bonchev–Trinajstić information content (AvgIpc) is 3.31. The number of carboxylic acids is 1. The lowest BCUT2D eigenvalue weighted by atomic mass is 9.96. The van der Waals surface area contributed by atoms with Crippen molar-refractivity contribution in [2.75, 3.05) is 0 Å². The van der Waals surface area contributed by atoms with Crippen molar-refractivity contribution in [1.82, 2.24) is 14.6 Å². The largest absolute Gasteiger partial charge is 0.489 e. The van der Waals surface area contributed by atoms with Gasteiger partial charge in [0.2, 0.25) is 0 Å². The number of carbonyl (C=O) groups is 1. The molecule has 0 fully saturated rings. The highest BCUT2D eigenvalue weighted by Crippen LogP contribution is 2.27. The number of benzene rings is 2. The number of hydrogen-bond acceptors (Lipinski definition) is 4. The third-order valence-corrected chi connectivity index (χ3v) is 5.32. The fourth-order valence-corrected chi connectivity index (χ4v) is 3.64. The number of alkyl halides is 2. The number of fused-ring (bicyclic) bond motifs is 1. The summed E-state index contributed by atoms with van der Waals surface area (Å²) in [6.45, 7) is 1.89. The van der Waals surface area contributed by atoms with Crippen molar-refractivity contribution >= 4 is 11.6 Å². The zero-order valence-electron chi connectivity index (χ0n) is 18.3. The van der Waals surface area contributed by atoms with Crippen LogP contribution in [0.1, 0.15) is 42.4 Å². The summed E-state index contributed by atoms with van der Waals surface area (Å²) < 4.78 is 33.3. The first-order valence-electron chi connectivity index (χ1n) is 10.5. The van der Waals surface area contributed by atoms with Gasteiger partial charge in [0, 0.05) is 22.9 Å². The lowest BCUT2D eigenvalue weighted by Crippen LogP contribution is -2.05. The van der Waals surface area contributed by atoms with Crippen LogP contribution >= 0.6 is 0 Å². The van der Waals surface area contributed by atoms with Crippen LogP contribution in [0.4, 0.5) is 8.78 Å². The Labute approximate surface area is 194 Å². The summed E-state index contributed by atoms with van der Waals surface area (Å²) in [7, 11) is 0. The van der Waals surface area contributed by atoms with E-state index in [9.17, 15) is 13.6 Å². The topological polar surface area (TPSA) is 76.7 Å². The number of aromatic nitrogens is 3. The number of carboxylic acid groups (broad SMARTS) is 1. The summed E-state index contributed by atoms with van der Waals surface area (Å²) >= 11 is 0. The van der Waals surface area contributed by atoms with Crippen molar-refractivity contribution in [2.45, 2.75) is 32.3 Å². The number of rotatable bonds is 8. The Morgan fingerprint density at radius 2 is 1.79 bits per heavy atom. The normalized spacial score (nSPS) is 11.8. The molecule has 0 saturated heterocycles. The van der Waals surface area contributed by atoms with Gasteiger partial charge in [-0.3, -0.25) is 4.79 Å². The van der Waals surface area contributed by atoms with E-state index in [4.69, 9.17) is 9.84 Å². The van der Waals surface area contributed by atoms with Gasteiger partial charge in [0.1, 0.15) is 18.7 Å². The van der Waals surface area contributed by atoms with Crippen LogP contribution in [0, 0.1) is 11.8 Å². The second-order valence-electron chi connectivity index (χ2n) is 7.61. The molecule has 0 spiro atoms. The molecule has 1 N–H and O–H groups in total. The van der Waals surface area contributed by atoms with Crippen LogP contribution < -0.4 is 4.74 Å². The molecule has 4 aromatic rings. The van der Waals surface area contributed by atoms with Gasteiger partial charge in [0.15, 0.2) is 5.65 Å². The molecule has 0 aliphatic heterocycles. The highest BCUT2D eigenvalue weighted by Gasteiger charge is 2.14. The molecule has 0 bridgehead atoms. The minimum atomic E-state index is -2.52. The first-order chi connectivity index (χ1) is 16.4. The van der Waals surface area contributed by atoms with E-state index in [1.54, 1.807) is 54.0 Å². The van der Waals surface area contributed by atoms with Crippen molar-refractivity contribution in [2.24, 2.45) is 0 Å². The molecule has 6 nitrogen and oxygen atoms in total. The van der Waals surface area contributed by atoms with Gasteiger partial charge in [-0.1, -0.05) is 42.3 Å². The van der Waals surface area contributed by atoms with Crippen LogP contribution in [0.2, 0.25) is 0 Å². The molecule has 2 aromatic carbocycles. The molecule has 0 aliphatic rings. The van der Waals surface area contributed by atoms with Crippen molar-refractivity contribution < 1.29 is 23.4 Å². The minimum absolute atomic E-state index is 0.0342. The van der Waals surface area contributed by atoms with Crippen molar-refractivity contribution in [1.29, 1.82) is 0 Å². The van der Waals surface area contributed by atoms with Gasteiger partial charge < -0.3 is 9.84 Å². The Balaban J connectivity index is 1.54. The van der Waals surface area contributed by atoms with Gasteiger partial charge in [0.25, 0.3) is 6.43 Å². The Morgan fingerprint density at radius 1 is 1.09 bits per heavy atom. The van der Waals surface area contributed by atoms with Gasteiger partial charge >= 0.3 is 5.97 Å². The van der Waals surface area contributed by atoms with E-state index in [0.717, 1.165) is 22.3 Å². The Hall–Kier alpha value is -4.25. The Kier molecular flexibility index (Phi) is 6.83. The average molecular weight is 461 g/mol. The quantitative estimate of drug-likeness (QED) is 0.351. The number of aliphatic carboxylic acids is 1. The molecule has 1 atom stereocenters. The summed E-state index contributed by atoms with van der Waals surface area (Å²) in [5.74, 6) is 5.01. The minimum Gasteiger partial charge on any atom is -0.489 e. The molecule has 0 radical (unpaired) electrons. The number of nitrogens with zero attached hydrogens (tertiary/aromatic N) is 3. The Bertz CT molecular complexity index is 1350. The molecule has 0 unspecified atom stereocenters. The summed E-state index contributed by atoms with van der Waals surface area (Å²) in [5.41, 5.74) is 3.74. The number of ether oxygens (including phenoxy) is 1. The molecule has 4 rings (SSSR count). The smallest absolute Gasteiger partial charge is 0.304 e. The highest BCUT2D eigenvalue weighted by atomic mass is 19.3. The molecular weight excluding hydrogens is 440 g/mol. The maximum absolute atomic E-state index is 12.9. The molecule has 0 saturated carbocycles. The lowest BCUT2D eigenvalue weighted by Gasteiger charge is -2.12. The zero-order valence-corrected chi connectivity index (χ0v) is 18.3. The molecule has 0 amide bonds. The highest BCUT2D eigenvalue weighted by molar-refractivity contribution is 5.69. The monoisotopic (exact) mass is 461 g/mol. The maximum atomic E-state index is 12.9. The van der Waals surface area contributed by atoms with Crippen LogP contribution in [0.15, 0.2) is 67.1 Å². The van der Waals surface area contributed by atoms with Gasteiger partial charge in [-0.2, -0.15) is 5.10 Å². The number of hydrogen-bond donors (Lipinski definition) is 1. The third kappa shape index (κ3) is 5.21. The predicted octanol–water partition coefficient (Wildman–Crippen LogP) is 5.49. The zero-order chi connectivity index (χ0) is 24.1. The second kappa shape index (κ2) is 10.1. The molecule has 0 aliphatic carbocycles. The van der Waals surface area contributed by atoms with E-state index in [-0.39, 0.29) is 24.5 Å². The fourth-order valence-electron chi connectivity index (χ4n) is 3.64. The van der Waals surface area contributed by atoms with Gasteiger partial charge in [0.05, 0.1) is 12.3 Å². The van der Waals surface area contributed by atoms with Gasteiger partial charge in [-0.05, 0) is 36.2 Å². The molecule has 2 aromatic heterocycles. The maximum Gasteiger partial charge on any atom is 0.304 e.